The van der Waals surface area contributed by atoms with Crippen LogP contribution in [0.15, 0.2) is 29.2 Å². The molecule has 2 nitrogen and oxygen atoms in total. The first-order valence-electron chi connectivity index (χ1n) is 8.42. The van der Waals surface area contributed by atoms with Crippen molar-refractivity contribution >= 4 is 9.84 Å². The molecule has 21 heavy (non-hydrogen) atoms. The maximum Gasteiger partial charge on any atom is 0.178 e. The molecule has 0 aromatic heterocycles. The van der Waals surface area contributed by atoms with E-state index in [4.69, 9.17) is 0 Å². The highest BCUT2D eigenvalue weighted by Gasteiger charge is 2.17. The molecule has 0 aliphatic rings. The number of rotatable bonds is 11. The van der Waals surface area contributed by atoms with E-state index in [9.17, 15) is 8.42 Å². The fourth-order valence-corrected chi connectivity index (χ4v) is 4.22. The molecule has 0 bridgehead atoms. The first kappa shape index (κ1) is 18.2. The molecule has 1 aromatic carbocycles. The van der Waals surface area contributed by atoms with Gasteiger partial charge in [0, 0.05) is 0 Å². The van der Waals surface area contributed by atoms with E-state index < -0.39 is 9.84 Å². The van der Waals surface area contributed by atoms with Crippen LogP contribution in [0.4, 0.5) is 0 Å². The van der Waals surface area contributed by atoms with Crippen LogP contribution >= 0.6 is 0 Å². The van der Waals surface area contributed by atoms with Gasteiger partial charge in [0.2, 0.25) is 0 Å². The van der Waals surface area contributed by atoms with Crippen LogP contribution in [0.3, 0.4) is 0 Å². The number of aryl methyl sites for hydroxylation is 1. The third kappa shape index (κ3) is 6.64. The van der Waals surface area contributed by atoms with E-state index >= 15 is 0 Å². The summed E-state index contributed by atoms with van der Waals surface area (Å²) in [6.07, 6.45) is 9.67. The van der Waals surface area contributed by atoms with Gasteiger partial charge in [0.25, 0.3) is 0 Å². The van der Waals surface area contributed by atoms with Crippen LogP contribution in [0.2, 0.25) is 0 Å². The second-order valence-electron chi connectivity index (χ2n) is 5.80. The van der Waals surface area contributed by atoms with Crippen molar-refractivity contribution in [2.45, 2.75) is 76.5 Å². The van der Waals surface area contributed by atoms with E-state index in [1.165, 1.54) is 19.3 Å². The Labute approximate surface area is 130 Å². The zero-order chi connectivity index (χ0) is 15.6. The molecule has 0 aliphatic heterocycles. The highest BCUT2D eigenvalue weighted by Crippen LogP contribution is 2.20. The van der Waals surface area contributed by atoms with E-state index in [0.29, 0.717) is 10.6 Å². The molecule has 0 saturated carbocycles. The monoisotopic (exact) mass is 310 g/mol. The SMILES string of the molecule is CCCCCCCCS(=O)(=O)c1ccccc1CCCC. The van der Waals surface area contributed by atoms with Crippen molar-refractivity contribution in [1.29, 1.82) is 0 Å². The fourth-order valence-electron chi connectivity index (χ4n) is 2.56. The molecule has 0 heterocycles. The lowest BCUT2D eigenvalue weighted by Crippen LogP contribution is -2.09. The summed E-state index contributed by atoms with van der Waals surface area (Å²) in [6, 6.07) is 7.51. The summed E-state index contributed by atoms with van der Waals surface area (Å²) < 4.78 is 25.0. The molecular weight excluding hydrogens is 280 g/mol. The second kappa shape index (κ2) is 9.99. The largest absolute Gasteiger partial charge is 0.224 e. The summed E-state index contributed by atoms with van der Waals surface area (Å²) in [5.74, 6) is 0.294. The van der Waals surface area contributed by atoms with Gasteiger partial charge in [-0.1, -0.05) is 70.6 Å². The Morgan fingerprint density at radius 1 is 0.810 bits per heavy atom. The van der Waals surface area contributed by atoms with Crippen molar-refractivity contribution in [1.82, 2.24) is 0 Å². The lowest BCUT2D eigenvalue weighted by Gasteiger charge is -2.10. The minimum atomic E-state index is -3.11. The minimum absolute atomic E-state index is 0.294. The Balaban J connectivity index is 2.57. The third-order valence-electron chi connectivity index (χ3n) is 3.87. The maximum absolute atomic E-state index is 12.5. The Morgan fingerprint density at radius 2 is 1.43 bits per heavy atom. The van der Waals surface area contributed by atoms with Crippen LogP contribution < -0.4 is 0 Å². The highest BCUT2D eigenvalue weighted by molar-refractivity contribution is 7.91. The van der Waals surface area contributed by atoms with Crippen molar-refractivity contribution in [3.8, 4) is 0 Å². The number of hydrogen-bond acceptors (Lipinski definition) is 2. The molecule has 0 saturated heterocycles. The van der Waals surface area contributed by atoms with E-state index in [2.05, 4.69) is 13.8 Å². The molecule has 0 N–H and O–H groups in total. The molecule has 0 fully saturated rings. The zero-order valence-corrected chi connectivity index (χ0v) is 14.4. The van der Waals surface area contributed by atoms with Crippen LogP contribution in [-0.4, -0.2) is 14.2 Å². The number of hydrogen-bond donors (Lipinski definition) is 0. The van der Waals surface area contributed by atoms with Gasteiger partial charge in [0.15, 0.2) is 9.84 Å². The van der Waals surface area contributed by atoms with Crippen molar-refractivity contribution in [2.24, 2.45) is 0 Å². The van der Waals surface area contributed by atoms with Crippen LogP contribution in [0.5, 0.6) is 0 Å². The molecule has 0 radical (unpaired) electrons. The number of sulfone groups is 1. The maximum atomic E-state index is 12.5. The predicted octanol–water partition coefficient (Wildman–Crippen LogP) is 5.16. The molecular formula is C18H30O2S. The van der Waals surface area contributed by atoms with Crippen LogP contribution in [0.1, 0.15) is 70.8 Å². The van der Waals surface area contributed by atoms with E-state index in [-0.39, 0.29) is 0 Å². The van der Waals surface area contributed by atoms with Gasteiger partial charge in [-0.05, 0) is 30.9 Å². The molecule has 1 aromatic rings. The normalized spacial score (nSPS) is 11.7. The molecule has 0 atom stereocenters. The second-order valence-corrected chi connectivity index (χ2v) is 7.88. The smallest absolute Gasteiger partial charge is 0.178 e. The van der Waals surface area contributed by atoms with E-state index in [0.717, 1.165) is 44.1 Å². The highest BCUT2D eigenvalue weighted by atomic mass is 32.2. The van der Waals surface area contributed by atoms with Gasteiger partial charge in [-0.3, -0.25) is 0 Å². The standard InChI is InChI=1S/C18H30O2S/c1-3-5-7-8-9-12-16-21(19,20)18-15-11-10-14-17(18)13-6-4-2/h10-11,14-15H,3-9,12-13,16H2,1-2H3. The lowest BCUT2D eigenvalue weighted by molar-refractivity contribution is 0.582. The fraction of sp³-hybridized carbons (Fsp3) is 0.667. The summed E-state index contributed by atoms with van der Waals surface area (Å²) in [5, 5.41) is 0. The zero-order valence-electron chi connectivity index (χ0n) is 13.6. The summed E-state index contributed by atoms with van der Waals surface area (Å²) in [5.41, 5.74) is 0.991. The average molecular weight is 311 g/mol. The average Bonchev–Trinajstić information content (AvgIpc) is 2.49. The predicted molar refractivity (Wildman–Crippen MR) is 90.5 cm³/mol. The van der Waals surface area contributed by atoms with Gasteiger partial charge in [-0.25, -0.2) is 8.42 Å². The quantitative estimate of drug-likeness (QED) is 0.529. The minimum Gasteiger partial charge on any atom is -0.224 e. The summed E-state index contributed by atoms with van der Waals surface area (Å²) >= 11 is 0. The first-order chi connectivity index (χ1) is 10.1. The molecule has 0 unspecified atom stereocenters. The lowest BCUT2D eigenvalue weighted by atomic mass is 10.1. The topological polar surface area (TPSA) is 34.1 Å². The molecule has 0 amide bonds. The molecule has 120 valence electrons. The number of benzene rings is 1. The molecule has 1 rings (SSSR count). The van der Waals surface area contributed by atoms with Gasteiger partial charge in [-0.2, -0.15) is 0 Å². The van der Waals surface area contributed by atoms with Crippen LogP contribution in [0, 0.1) is 0 Å². The Hall–Kier alpha value is -0.830. The van der Waals surface area contributed by atoms with E-state index in [1.807, 2.05) is 18.2 Å². The van der Waals surface area contributed by atoms with Gasteiger partial charge >= 0.3 is 0 Å². The van der Waals surface area contributed by atoms with Crippen molar-refractivity contribution in [2.75, 3.05) is 5.75 Å². The summed E-state index contributed by atoms with van der Waals surface area (Å²) in [6.45, 7) is 4.32. The van der Waals surface area contributed by atoms with Crippen LogP contribution in [0.25, 0.3) is 0 Å². The van der Waals surface area contributed by atoms with Gasteiger partial charge in [0.1, 0.15) is 0 Å². The van der Waals surface area contributed by atoms with Crippen molar-refractivity contribution < 1.29 is 8.42 Å². The number of unbranched alkanes of at least 4 members (excludes halogenated alkanes) is 6. The first-order valence-corrected chi connectivity index (χ1v) is 10.1. The Kier molecular flexibility index (Phi) is 8.67. The molecule has 3 heteroatoms. The Bertz CT molecular complexity index is 492. The van der Waals surface area contributed by atoms with Crippen molar-refractivity contribution in [3.05, 3.63) is 29.8 Å². The summed E-state index contributed by atoms with van der Waals surface area (Å²) in [7, 11) is -3.11. The molecule has 0 aliphatic carbocycles. The molecule has 0 spiro atoms. The Morgan fingerprint density at radius 3 is 2.14 bits per heavy atom. The third-order valence-corrected chi connectivity index (χ3v) is 5.77. The summed E-state index contributed by atoms with van der Waals surface area (Å²) in [4.78, 5) is 0.562. The van der Waals surface area contributed by atoms with Gasteiger partial charge in [-0.15, -0.1) is 0 Å². The van der Waals surface area contributed by atoms with Gasteiger partial charge < -0.3 is 0 Å². The van der Waals surface area contributed by atoms with Gasteiger partial charge in [0.05, 0.1) is 10.6 Å². The van der Waals surface area contributed by atoms with Crippen LogP contribution in [-0.2, 0) is 16.3 Å². The van der Waals surface area contributed by atoms with Crippen molar-refractivity contribution in [3.63, 3.8) is 0 Å². The van der Waals surface area contributed by atoms with E-state index in [1.54, 1.807) is 6.07 Å².